The van der Waals surface area contributed by atoms with Crippen LogP contribution in [0.25, 0.3) is 0 Å². The van der Waals surface area contributed by atoms with Crippen LogP contribution in [0.2, 0.25) is 0 Å². The first-order valence-corrected chi connectivity index (χ1v) is 10.6. The van der Waals surface area contributed by atoms with Gasteiger partial charge in [-0.05, 0) is 44.7 Å². The van der Waals surface area contributed by atoms with Crippen LogP contribution in [-0.2, 0) is 4.79 Å². The quantitative estimate of drug-likeness (QED) is 0.514. The molecule has 1 aromatic rings. The molecule has 1 aromatic carbocycles. The molecule has 0 radical (unpaired) electrons. The fourth-order valence-electron chi connectivity index (χ4n) is 3.58. The van der Waals surface area contributed by atoms with E-state index in [1.807, 2.05) is 11.8 Å². The average Bonchev–Trinajstić information content (AvgIpc) is 2.72. The third-order valence-corrected chi connectivity index (χ3v) is 5.40. The Morgan fingerprint density at radius 2 is 2.00 bits per heavy atom. The van der Waals surface area contributed by atoms with E-state index in [1.54, 1.807) is 19.2 Å². The number of rotatable bonds is 8. The third-order valence-electron chi connectivity index (χ3n) is 5.40. The molecule has 1 amide bonds. The second kappa shape index (κ2) is 11.6. The van der Waals surface area contributed by atoms with E-state index < -0.39 is 0 Å². The summed E-state index contributed by atoms with van der Waals surface area (Å²) in [4.78, 5) is 18.8. The number of carbonyl (C=O) groups is 1. The number of carbonyl (C=O) groups excluding carboxylic acids is 1. The molecule has 0 bridgehead atoms. The molecule has 1 aliphatic rings. The number of piperidine rings is 1. The highest BCUT2D eigenvalue weighted by Gasteiger charge is 2.26. The molecular formula is C22H35FN4O2. The number of ether oxygens (including phenoxy) is 1. The average molecular weight is 407 g/mol. The normalized spacial score (nSPS) is 16.6. The van der Waals surface area contributed by atoms with Crippen molar-refractivity contribution in [1.29, 1.82) is 0 Å². The van der Waals surface area contributed by atoms with Crippen LogP contribution in [0.5, 0.6) is 5.75 Å². The Hall–Kier alpha value is -2.31. The zero-order valence-electron chi connectivity index (χ0n) is 18.1. The van der Waals surface area contributed by atoms with Crippen molar-refractivity contribution in [3.8, 4) is 5.75 Å². The van der Waals surface area contributed by atoms with E-state index >= 15 is 0 Å². The molecule has 1 saturated heterocycles. The molecule has 1 aliphatic heterocycles. The van der Waals surface area contributed by atoms with Crippen molar-refractivity contribution in [3.63, 3.8) is 0 Å². The molecule has 1 unspecified atom stereocenters. The van der Waals surface area contributed by atoms with Gasteiger partial charge in [-0.1, -0.05) is 19.9 Å². The summed E-state index contributed by atoms with van der Waals surface area (Å²) in [5.41, 5.74) is 0. The Kier molecular flexibility index (Phi) is 9.22. The van der Waals surface area contributed by atoms with Crippen LogP contribution in [0.4, 0.5) is 4.39 Å². The van der Waals surface area contributed by atoms with Gasteiger partial charge in [0.05, 0.1) is 6.54 Å². The van der Waals surface area contributed by atoms with Crippen LogP contribution in [0, 0.1) is 11.7 Å². The molecule has 0 aromatic heterocycles. The van der Waals surface area contributed by atoms with Gasteiger partial charge in [-0.25, -0.2) is 4.39 Å². The second-order valence-electron chi connectivity index (χ2n) is 7.60. The molecule has 1 heterocycles. The zero-order chi connectivity index (χ0) is 21.2. The molecule has 7 heteroatoms. The topological polar surface area (TPSA) is 66.0 Å². The van der Waals surface area contributed by atoms with Gasteiger partial charge in [-0.15, -0.1) is 0 Å². The monoisotopic (exact) mass is 406 g/mol. The van der Waals surface area contributed by atoms with Crippen molar-refractivity contribution >= 4 is 11.9 Å². The highest BCUT2D eigenvalue weighted by Crippen LogP contribution is 2.17. The molecule has 0 saturated carbocycles. The summed E-state index contributed by atoms with van der Waals surface area (Å²) in [6.07, 6.45) is 3.47. The van der Waals surface area contributed by atoms with Crippen molar-refractivity contribution in [2.24, 2.45) is 10.9 Å². The van der Waals surface area contributed by atoms with Crippen molar-refractivity contribution in [1.82, 2.24) is 15.5 Å². The van der Waals surface area contributed by atoms with Gasteiger partial charge in [0.2, 0.25) is 5.91 Å². The first-order valence-electron chi connectivity index (χ1n) is 10.6. The van der Waals surface area contributed by atoms with E-state index in [9.17, 15) is 9.18 Å². The molecule has 1 atom stereocenters. The molecule has 162 valence electrons. The minimum Gasteiger partial charge on any atom is -0.489 e. The van der Waals surface area contributed by atoms with Crippen LogP contribution < -0.4 is 15.4 Å². The lowest BCUT2D eigenvalue weighted by molar-refractivity contribution is -0.136. The van der Waals surface area contributed by atoms with Gasteiger partial charge < -0.3 is 20.3 Å². The minimum atomic E-state index is -0.311. The van der Waals surface area contributed by atoms with E-state index in [2.05, 4.69) is 29.5 Å². The van der Waals surface area contributed by atoms with Crippen LogP contribution in [0.1, 0.15) is 46.5 Å². The number of likely N-dealkylation sites (tertiary alicyclic amines) is 1. The highest BCUT2D eigenvalue weighted by molar-refractivity contribution is 5.80. The summed E-state index contributed by atoms with van der Waals surface area (Å²) in [6, 6.07) is 6.42. The summed E-state index contributed by atoms with van der Waals surface area (Å²) in [6.45, 7) is 8.19. The molecule has 0 aliphatic carbocycles. The maximum atomic E-state index is 13.3. The number of halogens is 1. The van der Waals surface area contributed by atoms with E-state index in [4.69, 9.17) is 4.74 Å². The second-order valence-corrected chi connectivity index (χ2v) is 7.60. The predicted octanol–water partition coefficient (Wildman–Crippen LogP) is 3.19. The number of aliphatic imine (C=N–C) groups is 1. The van der Waals surface area contributed by atoms with Gasteiger partial charge in [0.25, 0.3) is 0 Å². The molecule has 1 fully saturated rings. The van der Waals surface area contributed by atoms with E-state index in [0.29, 0.717) is 24.2 Å². The Morgan fingerprint density at radius 1 is 1.31 bits per heavy atom. The standard InChI is InChI=1S/C22H35FN4O2/c1-5-17(6-2)21(28)27-12-10-19(11-13-27)26-22(24-4)25-15-16(3)29-20-9-7-8-18(23)14-20/h7-9,14,16-17,19H,5-6,10-13,15H2,1-4H3,(H2,24,25,26). The van der Waals surface area contributed by atoms with Gasteiger partial charge in [0.1, 0.15) is 17.7 Å². The Morgan fingerprint density at radius 3 is 2.59 bits per heavy atom. The fourth-order valence-corrected chi connectivity index (χ4v) is 3.58. The maximum Gasteiger partial charge on any atom is 0.225 e. The van der Waals surface area contributed by atoms with Crippen LogP contribution in [0.3, 0.4) is 0 Å². The van der Waals surface area contributed by atoms with E-state index in [1.165, 1.54) is 12.1 Å². The lowest BCUT2D eigenvalue weighted by Gasteiger charge is -2.35. The number of hydrogen-bond donors (Lipinski definition) is 2. The minimum absolute atomic E-state index is 0.144. The SMILES string of the molecule is CCC(CC)C(=O)N1CCC(NC(=NC)NCC(C)Oc2cccc(F)c2)CC1. The number of amides is 1. The van der Waals surface area contributed by atoms with Gasteiger partial charge in [0, 0.05) is 38.2 Å². The third kappa shape index (κ3) is 7.22. The van der Waals surface area contributed by atoms with Crippen molar-refractivity contribution in [2.45, 2.75) is 58.6 Å². The lowest BCUT2D eigenvalue weighted by Crippen LogP contribution is -2.51. The van der Waals surface area contributed by atoms with Gasteiger partial charge in [-0.3, -0.25) is 9.79 Å². The van der Waals surface area contributed by atoms with Gasteiger partial charge in [-0.2, -0.15) is 0 Å². The van der Waals surface area contributed by atoms with Crippen LogP contribution >= 0.6 is 0 Å². The first-order chi connectivity index (χ1) is 14.0. The number of nitrogens with zero attached hydrogens (tertiary/aromatic N) is 2. The smallest absolute Gasteiger partial charge is 0.225 e. The number of hydrogen-bond acceptors (Lipinski definition) is 3. The van der Waals surface area contributed by atoms with Crippen LogP contribution in [0.15, 0.2) is 29.3 Å². The van der Waals surface area contributed by atoms with Crippen molar-refractivity contribution in [3.05, 3.63) is 30.1 Å². The molecule has 6 nitrogen and oxygen atoms in total. The summed E-state index contributed by atoms with van der Waals surface area (Å²) in [5.74, 6) is 1.35. The summed E-state index contributed by atoms with van der Waals surface area (Å²) in [5, 5.41) is 6.70. The fraction of sp³-hybridized carbons (Fsp3) is 0.636. The molecular weight excluding hydrogens is 371 g/mol. The summed E-state index contributed by atoms with van der Waals surface area (Å²) in [7, 11) is 1.74. The first kappa shape index (κ1) is 23.0. The maximum absolute atomic E-state index is 13.3. The summed E-state index contributed by atoms with van der Waals surface area (Å²) >= 11 is 0. The molecule has 0 spiro atoms. The molecule has 2 rings (SSSR count). The Labute approximate surface area is 173 Å². The number of nitrogens with one attached hydrogen (secondary N) is 2. The van der Waals surface area contributed by atoms with Crippen molar-refractivity contribution in [2.75, 3.05) is 26.7 Å². The number of benzene rings is 1. The predicted molar refractivity (Wildman–Crippen MR) is 115 cm³/mol. The largest absolute Gasteiger partial charge is 0.489 e. The molecule has 2 N–H and O–H groups in total. The highest BCUT2D eigenvalue weighted by atomic mass is 19.1. The Bertz CT molecular complexity index is 671. The molecule has 29 heavy (non-hydrogen) atoms. The lowest BCUT2D eigenvalue weighted by atomic mass is 9.98. The van der Waals surface area contributed by atoms with Crippen molar-refractivity contribution < 1.29 is 13.9 Å². The Balaban J connectivity index is 1.74. The van der Waals surface area contributed by atoms with Gasteiger partial charge in [0.15, 0.2) is 5.96 Å². The summed E-state index contributed by atoms with van der Waals surface area (Å²) < 4.78 is 19.0. The van der Waals surface area contributed by atoms with E-state index in [-0.39, 0.29) is 23.9 Å². The van der Waals surface area contributed by atoms with Crippen LogP contribution in [-0.4, -0.2) is 55.6 Å². The van der Waals surface area contributed by atoms with Gasteiger partial charge >= 0.3 is 0 Å². The van der Waals surface area contributed by atoms with E-state index in [0.717, 1.165) is 38.8 Å². The number of guanidine groups is 1. The zero-order valence-corrected chi connectivity index (χ0v) is 18.1.